The van der Waals surface area contributed by atoms with Gasteiger partial charge in [0.25, 0.3) is 0 Å². The number of amides is 1. The molecule has 1 unspecified atom stereocenters. The molecular weight excluding hydrogens is 1050 g/mol. The summed E-state index contributed by atoms with van der Waals surface area (Å²) in [5.41, 5.74) is 7.74. The molecular formula is C56H69B2Cl2LiN12O7. The number of halogens is 2. The van der Waals surface area contributed by atoms with E-state index in [-0.39, 0.29) is 43.4 Å². The van der Waals surface area contributed by atoms with Crippen LogP contribution in [-0.2, 0) is 35.9 Å². The number of aliphatic carboxylic acids is 1. The predicted molar refractivity (Wildman–Crippen MR) is 300 cm³/mol. The van der Waals surface area contributed by atoms with Gasteiger partial charge < -0.3 is 58.4 Å². The van der Waals surface area contributed by atoms with Crippen molar-refractivity contribution in [3.05, 3.63) is 153 Å². The van der Waals surface area contributed by atoms with E-state index >= 15 is 0 Å². The Balaban J connectivity index is 0.000000164. The summed E-state index contributed by atoms with van der Waals surface area (Å²) in [5, 5.41) is 36.9. The normalized spacial score (nSPS) is 22.9. The first-order valence-electron chi connectivity index (χ1n) is 27.4. The van der Waals surface area contributed by atoms with Crippen LogP contribution in [0.25, 0.3) is 0 Å². The molecule has 80 heavy (non-hydrogen) atoms. The van der Waals surface area contributed by atoms with Crippen LogP contribution < -0.4 is 38.8 Å². The summed E-state index contributed by atoms with van der Waals surface area (Å²) < 4.78 is 16.5. The third-order valence-corrected chi connectivity index (χ3v) is 16.5. The Bertz CT molecular complexity index is 3080. The van der Waals surface area contributed by atoms with Crippen molar-refractivity contribution < 1.29 is 53.1 Å². The molecule has 6 atom stereocenters. The smallest absolute Gasteiger partial charge is 0.548 e. The number of piperazine rings is 2. The second-order valence-electron chi connectivity index (χ2n) is 21.6. The number of benzene rings is 2. The van der Waals surface area contributed by atoms with E-state index in [1.54, 1.807) is 36.8 Å². The van der Waals surface area contributed by atoms with Gasteiger partial charge in [0.05, 0.1) is 65.6 Å². The summed E-state index contributed by atoms with van der Waals surface area (Å²) in [5.74, 6) is 1.47. The van der Waals surface area contributed by atoms with Gasteiger partial charge in [-0.1, -0.05) is 47.5 Å². The van der Waals surface area contributed by atoms with E-state index in [0.29, 0.717) is 74.2 Å². The molecule has 0 radical (unpaired) electrons. The molecule has 4 fully saturated rings. The molecule has 10 heterocycles. The quantitative estimate of drug-likeness (QED) is 0.165. The first kappa shape index (κ1) is 59.4. The zero-order chi connectivity index (χ0) is 55.3. The number of carboxylic acids is 1. The molecule has 4 saturated heterocycles. The van der Waals surface area contributed by atoms with Crippen molar-refractivity contribution in [1.82, 2.24) is 58.7 Å². The monoisotopic (exact) mass is 1120 g/mol. The van der Waals surface area contributed by atoms with Crippen LogP contribution >= 0.6 is 23.2 Å². The first-order chi connectivity index (χ1) is 38.2. The topological polar surface area (TPSA) is 206 Å². The van der Waals surface area contributed by atoms with Gasteiger partial charge in [0.2, 0.25) is 5.91 Å². The fourth-order valence-corrected chi connectivity index (χ4v) is 12.5. The van der Waals surface area contributed by atoms with Crippen LogP contribution in [0, 0.1) is 25.7 Å². The number of fused-ring (bicyclic) bond motifs is 4. The minimum atomic E-state index is -1.20. The second-order valence-corrected chi connectivity index (χ2v) is 22.5. The number of nitrogens with zero attached hydrogens (tertiary/aromatic N) is 11. The van der Waals surface area contributed by atoms with Crippen molar-refractivity contribution in [2.24, 2.45) is 11.8 Å². The zero-order valence-electron chi connectivity index (χ0n) is 46.3. The van der Waals surface area contributed by atoms with Gasteiger partial charge in [-0.15, -0.1) is 0 Å². The van der Waals surface area contributed by atoms with Crippen LogP contribution in [0.1, 0.15) is 70.0 Å². The Kier molecular flexibility index (Phi) is 19.8. The maximum Gasteiger partial charge on any atom is 1.00 e. The number of imidazole rings is 2. The van der Waals surface area contributed by atoms with Gasteiger partial charge in [0.15, 0.2) is 0 Å². The second kappa shape index (κ2) is 26.8. The number of aryl methyl sites for hydroxylation is 2. The van der Waals surface area contributed by atoms with Gasteiger partial charge in [0, 0.05) is 123 Å². The van der Waals surface area contributed by atoms with Crippen LogP contribution in [0.15, 0.2) is 98.1 Å². The molecule has 2 aromatic carbocycles. The van der Waals surface area contributed by atoms with Gasteiger partial charge in [0.1, 0.15) is 24.7 Å². The molecule has 416 valence electrons. The molecule has 1 amide bonds. The molecule has 0 spiro atoms. The standard InChI is InChI=1S/C28H34BClN6O3.C19H21BClN3O4.C9H15N3.Li/c1-19-13-33(18-32-19)14-20-7-9-35(15-20)28(37)24-16-34(10-11-36(24)29(2)38)27-23-6-5-22(30)12-25(23)39-17-21-4-3-8-31-26(21)27;1-20(27)24-8-7-23(10-15(24)19(25)26)18-14-5-4-13(21)9-16(14)28-11-12-3-2-6-22-17(12)18;1-8-5-12(7-11-8)6-9-2-3-10-4-9;/h3-6,8,12-13,18,20,24,27,38H,7,9-11,14-17H2,1-2H3;2-6,9,15,18,27H,7-8,10-11H2,1H3,(H,25,26);5,7,9-10H,2-4,6H2,1H3;/q;;;+1/p-1/t20-,24?,27-;15-,18+;9-;/m011./s1. The van der Waals surface area contributed by atoms with Crippen LogP contribution in [0.2, 0.25) is 23.7 Å². The number of carbonyl (C=O) groups excluding carboxylic acids is 2. The number of ether oxygens (including phenoxy) is 2. The van der Waals surface area contributed by atoms with Crippen LogP contribution in [0.3, 0.4) is 0 Å². The van der Waals surface area contributed by atoms with E-state index in [2.05, 4.69) is 45.4 Å². The van der Waals surface area contributed by atoms with E-state index in [0.717, 1.165) is 89.3 Å². The summed E-state index contributed by atoms with van der Waals surface area (Å²) in [6, 6.07) is 17.2. The maximum atomic E-state index is 14.0. The van der Waals surface area contributed by atoms with Crippen molar-refractivity contribution in [1.29, 1.82) is 0 Å². The van der Waals surface area contributed by atoms with Gasteiger partial charge in [-0.05, 0) is 102 Å². The van der Waals surface area contributed by atoms with Crippen molar-refractivity contribution in [3.63, 3.8) is 0 Å². The number of rotatable bonds is 10. The van der Waals surface area contributed by atoms with Crippen LogP contribution in [-0.4, -0.2) is 167 Å². The molecule has 0 bridgehead atoms. The predicted octanol–water partition coefficient (Wildman–Crippen LogP) is 1.24. The van der Waals surface area contributed by atoms with Gasteiger partial charge in [-0.25, -0.2) is 9.97 Å². The van der Waals surface area contributed by atoms with E-state index in [1.807, 2.05) is 97.1 Å². The number of nitrogens with one attached hydrogen (secondary N) is 1. The Hall–Kier alpha value is -5.27. The molecule has 6 aliphatic heterocycles. The molecule has 19 nitrogen and oxygen atoms in total. The molecule has 0 saturated carbocycles. The molecule has 0 aliphatic carbocycles. The summed E-state index contributed by atoms with van der Waals surface area (Å²) in [6.45, 7) is 16.8. The van der Waals surface area contributed by atoms with Crippen molar-refractivity contribution in [3.8, 4) is 11.5 Å². The molecule has 12 rings (SSSR count). The minimum Gasteiger partial charge on any atom is -0.548 e. The average molecular weight is 1120 g/mol. The van der Waals surface area contributed by atoms with Crippen molar-refractivity contribution in [2.45, 2.75) is 90.8 Å². The molecule has 6 aliphatic rings. The zero-order valence-corrected chi connectivity index (χ0v) is 47.8. The third kappa shape index (κ3) is 13.8. The Labute approximate surface area is 491 Å². The van der Waals surface area contributed by atoms with Gasteiger partial charge in [-0.3, -0.25) is 24.6 Å². The summed E-state index contributed by atoms with van der Waals surface area (Å²) in [4.78, 5) is 53.5. The average Bonchev–Trinajstić information content (AvgIpc) is 4.34. The van der Waals surface area contributed by atoms with E-state index < -0.39 is 32.2 Å². The number of carboxylic acid groups (broad SMARTS) is 1. The van der Waals surface area contributed by atoms with Crippen molar-refractivity contribution in [2.75, 3.05) is 65.4 Å². The Morgan fingerprint density at radius 2 is 1.20 bits per heavy atom. The van der Waals surface area contributed by atoms with E-state index in [9.17, 15) is 24.7 Å². The molecule has 4 aromatic heterocycles. The Morgan fingerprint density at radius 1 is 0.688 bits per heavy atom. The van der Waals surface area contributed by atoms with Gasteiger partial charge >= 0.3 is 33.0 Å². The number of carbonyl (C=O) groups is 2. The molecule has 24 heteroatoms. The largest absolute Gasteiger partial charge is 1.00 e. The third-order valence-electron chi connectivity index (χ3n) is 16.1. The van der Waals surface area contributed by atoms with Crippen LogP contribution in [0.5, 0.6) is 11.5 Å². The number of hydrogen-bond donors (Lipinski definition) is 3. The molecule has 3 N–H and O–H groups in total. The Morgan fingerprint density at radius 3 is 1.68 bits per heavy atom. The van der Waals surface area contributed by atoms with Crippen molar-refractivity contribution >= 4 is 49.2 Å². The fraction of sp³-hybridized carbons (Fsp3) is 0.464. The fourth-order valence-electron chi connectivity index (χ4n) is 12.1. The number of aromatic nitrogens is 6. The molecule has 6 aromatic rings. The van der Waals surface area contributed by atoms with Crippen LogP contribution in [0.4, 0.5) is 0 Å². The van der Waals surface area contributed by atoms with E-state index in [1.165, 1.54) is 13.0 Å². The minimum absolute atomic E-state index is 0. The van der Waals surface area contributed by atoms with E-state index in [4.69, 9.17) is 37.7 Å². The number of likely N-dealkylation sites (tertiary alicyclic amines) is 1. The maximum absolute atomic E-state index is 14.0. The summed E-state index contributed by atoms with van der Waals surface area (Å²) in [7, 11) is -1.58. The number of hydrogen-bond acceptors (Lipinski definition) is 16. The summed E-state index contributed by atoms with van der Waals surface area (Å²) in [6.07, 6.45) is 13.7. The van der Waals surface area contributed by atoms with Gasteiger partial charge in [-0.2, -0.15) is 0 Å². The summed E-state index contributed by atoms with van der Waals surface area (Å²) >= 11 is 12.5. The number of pyridine rings is 2. The SMILES string of the molecule is CB(O)N1CCN([C@H]2c3ccc(Cl)cc3OCc3cccnc32)CC1C(=O)N1CC[C@@H](Cn2cnc(C)c2)C1.CB(O)N1CCN([C@H]2c3ccc(Cl)cc3OCc3cccnc32)C[C@@H]1C(=O)[O-].Cc1cn(C[C@@H]2CCNC2)cn1.[Li+]. The first-order valence-corrected chi connectivity index (χ1v) is 28.2.